The van der Waals surface area contributed by atoms with Crippen LogP contribution in [0.1, 0.15) is 60.5 Å². The SMILES string of the molecule is C1=CCCC(C2C=C3C(=NC(c4ccccc4)N2)C2=CC(C4=CC(c5ccccc5)=C(c5ccccc5)CC4)CC=C2n2c4cc3ccc4c3ccc4oc5ccccc5c4c32)=C1. The minimum atomic E-state index is -0.252. The quantitative estimate of drug-likeness (QED) is 0.188. The predicted octanol–water partition coefficient (Wildman–Crippen LogP) is 14.6. The van der Waals surface area contributed by atoms with Crippen molar-refractivity contribution in [3.8, 4) is 0 Å². The van der Waals surface area contributed by atoms with Gasteiger partial charge in [0, 0.05) is 39.3 Å². The van der Waals surface area contributed by atoms with Gasteiger partial charge in [0.05, 0.1) is 27.8 Å². The van der Waals surface area contributed by atoms with Crippen molar-refractivity contribution in [1.29, 1.82) is 0 Å². The van der Waals surface area contributed by atoms with E-state index in [0.29, 0.717) is 0 Å². The van der Waals surface area contributed by atoms with Crippen LogP contribution in [-0.2, 0) is 0 Å². The molecule has 2 bridgehead atoms. The number of furan rings is 1. The molecule has 302 valence electrons. The van der Waals surface area contributed by atoms with Crippen LogP contribution in [0.4, 0.5) is 0 Å². The van der Waals surface area contributed by atoms with Crippen molar-refractivity contribution < 1.29 is 4.42 Å². The molecule has 13 rings (SSSR count). The van der Waals surface area contributed by atoms with E-state index in [1.54, 1.807) is 0 Å². The zero-order valence-electron chi connectivity index (χ0n) is 35.0. The van der Waals surface area contributed by atoms with Crippen molar-refractivity contribution in [2.45, 2.75) is 44.3 Å². The van der Waals surface area contributed by atoms with Crippen LogP contribution in [0, 0.1) is 5.92 Å². The Morgan fingerprint density at radius 2 is 1.41 bits per heavy atom. The number of rotatable bonds is 5. The lowest BCUT2D eigenvalue weighted by atomic mass is 9.77. The number of aromatic nitrogens is 1. The maximum atomic E-state index is 6.57. The van der Waals surface area contributed by atoms with Gasteiger partial charge in [0.25, 0.3) is 0 Å². The number of para-hydroxylation sites is 1. The maximum absolute atomic E-state index is 6.57. The molecule has 3 unspecified atom stereocenters. The first kappa shape index (κ1) is 36.4. The number of hydrogen-bond acceptors (Lipinski definition) is 3. The van der Waals surface area contributed by atoms with Gasteiger partial charge in [-0.15, -0.1) is 0 Å². The lowest BCUT2D eigenvalue weighted by Gasteiger charge is -2.31. The van der Waals surface area contributed by atoms with Crippen LogP contribution in [0.25, 0.3) is 66.2 Å². The zero-order valence-corrected chi connectivity index (χ0v) is 35.0. The van der Waals surface area contributed by atoms with Gasteiger partial charge in [0.1, 0.15) is 17.3 Å². The number of fused-ring (bicyclic) bond motifs is 13. The topological polar surface area (TPSA) is 42.5 Å². The van der Waals surface area contributed by atoms with Crippen LogP contribution in [0.3, 0.4) is 0 Å². The molecule has 0 amide bonds. The van der Waals surface area contributed by atoms with Gasteiger partial charge < -0.3 is 8.98 Å². The van der Waals surface area contributed by atoms with Gasteiger partial charge >= 0.3 is 0 Å². The molecular weight excluding hydrogens is 767 g/mol. The highest BCUT2D eigenvalue weighted by Crippen LogP contribution is 2.49. The molecule has 5 aliphatic rings. The molecule has 0 saturated heterocycles. The van der Waals surface area contributed by atoms with Crippen molar-refractivity contribution >= 4 is 71.9 Å². The smallest absolute Gasteiger partial charge is 0.137 e. The molecule has 3 aliphatic carbocycles. The Morgan fingerprint density at radius 1 is 0.635 bits per heavy atom. The van der Waals surface area contributed by atoms with Crippen molar-refractivity contribution in [2.75, 3.05) is 0 Å². The Kier molecular flexibility index (Phi) is 8.48. The monoisotopic (exact) mass is 811 g/mol. The third-order valence-corrected chi connectivity index (χ3v) is 14.0. The summed E-state index contributed by atoms with van der Waals surface area (Å²) in [6.45, 7) is 0. The zero-order chi connectivity index (χ0) is 41.4. The van der Waals surface area contributed by atoms with E-state index in [1.165, 1.54) is 77.6 Å². The van der Waals surface area contributed by atoms with E-state index >= 15 is 0 Å². The molecule has 8 aromatic rings. The Labute approximate surface area is 367 Å². The van der Waals surface area contributed by atoms with Crippen molar-refractivity contribution in [3.63, 3.8) is 0 Å². The summed E-state index contributed by atoms with van der Waals surface area (Å²) < 4.78 is 9.13. The highest BCUT2D eigenvalue weighted by Gasteiger charge is 2.35. The molecule has 2 aromatic heterocycles. The molecule has 0 saturated carbocycles. The van der Waals surface area contributed by atoms with Gasteiger partial charge in [0.2, 0.25) is 0 Å². The molecule has 6 aromatic carbocycles. The number of aliphatic imine (C=N–C) groups is 1. The molecule has 1 N–H and O–H groups in total. The summed E-state index contributed by atoms with van der Waals surface area (Å²) in [6, 6.07) is 52.8. The van der Waals surface area contributed by atoms with E-state index in [2.05, 4.69) is 198 Å². The Morgan fingerprint density at radius 3 is 2.24 bits per heavy atom. The second-order valence-corrected chi connectivity index (χ2v) is 17.6. The Balaban J connectivity index is 1.08. The van der Waals surface area contributed by atoms with Crippen LogP contribution in [0.2, 0.25) is 0 Å². The van der Waals surface area contributed by atoms with E-state index < -0.39 is 0 Å². The molecule has 4 nitrogen and oxygen atoms in total. The first-order valence-corrected chi connectivity index (χ1v) is 22.6. The third-order valence-electron chi connectivity index (χ3n) is 14.0. The lowest BCUT2D eigenvalue weighted by molar-refractivity contribution is 0.527. The first-order valence-electron chi connectivity index (χ1n) is 22.6. The third kappa shape index (κ3) is 5.96. The van der Waals surface area contributed by atoms with Crippen molar-refractivity contribution in [2.24, 2.45) is 10.9 Å². The summed E-state index contributed by atoms with van der Waals surface area (Å²) in [6.07, 6.45) is 21.6. The van der Waals surface area contributed by atoms with Gasteiger partial charge in [-0.1, -0.05) is 169 Å². The average Bonchev–Trinajstić information content (AvgIpc) is 3.81. The summed E-state index contributed by atoms with van der Waals surface area (Å²) in [5, 5.41) is 8.83. The van der Waals surface area contributed by atoms with Gasteiger partial charge in [-0.2, -0.15) is 0 Å². The van der Waals surface area contributed by atoms with E-state index in [9.17, 15) is 0 Å². The summed E-state index contributed by atoms with van der Waals surface area (Å²) in [7, 11) is 0. The minimum Gasteiger partial charge on any atom is -0.456 e. The number of benzene rings is 6. The normalized spacial score (nSPS) is 20.9. The molecule has 4 heterocycles. The Hall–Kier alpha value is -7.27. The standard InChI is InChI=1S/C59H45N3O/c1-5-15-37(16-6-1)44-28-25-41(33-48(44)38-17-7-2-8-18-38)42-27-31-52-50(34-42)57-49(36-51(39-19-9-3-10-20-39)60-59(61-57)40-21-11-4-12-22-40)43-26-29-45-46-30-32-55-56(58(46)62(52)53(45)35-43)47-23-13-14-24-54(47)63-55/h1-9,11-19,21-24,26,29-36,42,51,59-60H,10,20,25,27-28H2. The number of nitrogens with zero attached hydrogens (tertiary/aromatic N) is 2. The molecule has 2 aliphatic heterocycles. The number of allylic oxidation sites excluding steroid dienone is 12. The van der Waals surface area contributed by atoms with Crippen LogP contribution in [-0.4, -0.2) is 16.3 Å². The predicted molar refractivity (Wildman–Crippen MR) is 262 cm³/mol. The van der Waals surface area contributed by atoms with E-state index in [4.69, 9.17) is 9.41 Å². The molecular formula is C59H45N3O. The average molecular weight is 812 g/mol. The molecule has 0 radical (unpaired) electrons. The van der Waals surface area contributed by atoms with Gasteiger partial charge in [-0.05, 0) is 95.3 Å². The second kappa shape index (κ2) is 14.7. The van der Waals surface area contributed by atoms with Crippen molar-refractivity contribution in [1.82, 2.24) is 9.88 Å². The molecule has 63 heavy (non-hydrogen) atoms. The van der Waals surface area contributed by atoms with Crippen LogP contribution >= 0.6 is 0 Å². The van der Waals surface area contributed by atoms with E-state index in [1.807, 2.05) is 0 Å². The second-order valence-electron chi connectivity index (χ2n) is 17.6. The molecule has 4 heteroatoms. The fourth-order valence-electron chi connectivity index (χ4n) is 11.0. The summed E-state index contributed by atoms with van der Waals surface area (Å²) in [5.74, 6) is 0.196. The summed E-state index contributed by atoms with van der Waals surface area (Å²) in [4.78, 5) is 5.90. The first-order chi connectivity index (χ1) is 31.2. The van der Waals surface area contributed by atoms with Gasteiger partial charge in [-0.25, -0.2) is 0 Å². The van der Waals surface area contributed by atoms with Gasteiger partial charge in [0.15, 0.2) is 0 Å². The van der Waals surface area contributed by atoms with Crippen LogP contribution < -0.4 is 5.32 Å². The molecule has 0 spiro atoms. The Bertz CT molecular complexity index is 3440. The van der Waals surface area contributed by atoms with E-state index in [0.717, 1.165) is 65.3 Å². The summed E-state index contributed by atoms with van der Waals surface area (Å²) >= 11 is 0. The van der Waals surface area contributed by atoms with Crippen LogP contribution in [0.15, 0.2) is 214 Å². The highest BCUT2D eigenvalue weighted by atomic mass is 16.3. The number of nitrogens with one attached hydrogen (secondary N) is 1. The van der Waals surface area contributed by atoms with Crippen molar-refractivity contribution in [3.05, 3.63) is 227 Å². The largest absolute Gasteiger partial charge is 0.456 e. The highest BCUT2D eigenvalue weighted by molar-refractivity contribution is 6.38. The number of hydrogen-bond donors (Lipinski definition) is 1. The van der Waals surface area contributed by atoms with E-state index in [-0.39, 0.29) is 18.1 Å². The molecule has 3 atom stereocenters. The van der Waals surface area contributed by atoms with Gasteiger partial charge in [-0.3, -0.25) is 10.3 Å². The fourth-order valence-corrected chi connectivity index (χ4v) is 11.0. The lowest BCUT2D eigenvalue weighted by Crippen LogP contribution is -2.32. The maximum Gasteiger partial charge on any atom is 0.137 e. The minimum absolute atomic E-state index is 0.0118. The fraction of sp³-hybridized carbons (Fsp3) is 0.136. The summed E-state index contributed by atoms with van der Waals surface area (Å²) in [5.41, 5.74) is 19.3. The van der Waals surface area contributed by atoms with Crippen LogP contribution in [0.5, 0.6) is 0 Å². The molecule has 0 fully saturated rings.